The minimum Gasteiger partial charge on any atom is -0.480 e. The number of carboxylic acids is 1. The molecular formula is C46H78NO13P. The molecule has 0 amide bonds. The molecule has 0 aromatic rings. The van der Waals surface area contributed by atoms with Crippen molar-refractivity contribution in [2.75, 3.05) is 19.8 Å². The number of unbranched alkanes of at least 4 members (excludes halogenated alkanes) is 13. The number of esters is 2. The van der Waals surface area contributed by atoms with Crippen molar-refractivity contribution in [3.63, 3.8) is 0 Å². The number of hydrogen-bond donors (Lipinski definition) is 5. The minimum atomic E-state index is -4.80. The molecule has 1 rings (SSSR count). The molecule has 1 fully saturated rings. The summed E-state index contributed by atoms with van der Waals surface area (Å²) in [5.74, 6) is -3.46. The summed E-state index contributed by atoms with van der Waals surface area (Å²) in [7, 11) is -4.80. The second-order valence-electron chi connectivity index (χ2n) is 16.0. The van der Waals surface area contributed by atoms with Crippen LogP contribution in [0.4, 0.5) is 0 Å². The van der Waals surface area contributed by atoms with Crippen molar-refractivity contribution in [1.82, 2.24) is 0 Å². The number of carbonyl (C=O) groups is 4. The Morgan fingerprint density at radius 3 is 2.02 bits per heavy atom. The van der Waals surface area contributed by atoms with Crippen LogP contribution in [0.2, 0.25) is 0 Å². The van der Waals surface area contributed by atoms with Gasteiger partial charge in [-0.15, -0.1) is 0 Å². The molecule has 15 heteroatoms. The van der Waals surface area contributed by atoms with Gasteiger partial charge in [-0.2, -0.15) is 0 Å². The Morgan fingerprint density at radius 2 is 1.34 bits per heavy atom. The third-order valence-electron chi connectivity index (χ3n) is 10.4. The van der Waals surface area contributed by atoms with Crippen LogP contribution in [0.3, 0.4) is 0 Å². The number of carbonyl (C=O) groups excluding carboxylic acids is 3. The van der Waals surface area contributed by atoms with Crippen LogP contribution >= 0.6 is 7.82 Å². The summed E-state index contributed by atoms with van der Waals surface area (Å²) in [5.41, 5.74) is 5.33. The van der Waals surface area contributed by atoms with E-state index < -0.39 is 75.8 Å². The van der Waals surface area contributed by atoms with Crippen LogP contribution in [-0.2, 0) is 42.3 Å². The van der Waals surface area contributed by atoms with Crippen LogP contribution in [0.15, 0.2) is 48.6 Å². The number of rotatable bonds is 38. The standard InChI is InChI=1S/C46H78NO13P/c1-3-5-7-8-9-10-11-12-13-14-15-16-17-18-19-20-25-29-44(51)57-34-38(35-58-61(55,56)59-36-41(47)46(53)54)60-45(52)30-26-22-21-24-28-39-40(43(50)33-42(39)49)32-31-37(48)27-23-6-4-2/h9-10,12-13,21,24,31-32,37-41,43,48,50H,3-8,11,14-20,22-23,25-30,33-36,47H2,1-2H3,(H,53,54)(H,55,56)/b10-9-,13-12-,24-21-,32-31+/t37-,38+,39+,40+,41-,43+/m0/s1. The fourth-order valence-corrected chi connectivity index (χ4v) is 7.50. The summed E-state index contributed by atoms with van der Waals surface area (Å²) in [6.45, 7) is 2.39. The molecule has 0 aromatic carbocycles. The molecule has 14 nitrogen and oxygen atoms in total. The second kappa shape index (κ2) is 35.5. The van der Waals surface area contributed by atoms with Crippen molar-refractivity contribution in [1.29, 1.82) is 0 Å². The Bertz CT molecular complexity index is 1380. The number of hydrogen-bond acceptors (Lipinski definition) is 12. The highest BCUT2D eigenvalue weighted by molar-refractivity contribution is 7.47. The number of aliphatic hydroxyl groups excluding tert-OH is 2. The van der Waals surface area contributed by atoms with Crippen molar-refractivity contribution >= 4 is 31.5 Å². The summed E-state index contributed by atoms with van der Waals surface area (Å²) in [6, 6.07) is -1.57. The molecular weight excluding hydrogens is 805 g/mol. The Balaban J connectivity index is 2.50. The molecule has 7 atom stereocenters. The monoisotopic (exact) mass is 884 g/mol. The smallest absolute Gasteiger partial charge is 0.472 e. The van der Waals surface area contributed by atoms with Crippen LogP contribution in [0.1, 0.15) is 162 Å². The molecule has 1 unspecified atom stereocenters. The molecule has 1 saturated carbocycles. The lowest BCUT2D eigenvalue weighted by Crippen LogP contribution is -2.34. The van der Waals surface area contributed by atoms with Gasteiger partial charge in [0.05, 0.1) is 25.4 Å². The second-order valence-corrected chi connectivity index (χ2v) is 17.4. The number of aliphatic carboxylic acids is 1. The van der Waals surface area contributed by atoms with Gasteiger partial charge in [0.15, 0.2) is 6.10 Å². The Kier molecular flexibility index (Phi) is 32.6. The van der Waals surface area contributed by atoms with E-state index in [9.17, 15) is 38.8 Å². The van der Waals surface area contributed by atoms with E-state index in [1.54, 1.807) is 12.2 Å². The number of phosphoric ester groups is 1. The lowest BCUT2D eigenvalue weighted by Gasteiger charge is -2.20. The van der Waals surface area contributed by atoms with E-state index in [1.807, 2.05) is 12.2 Å². The quantitative estimate of drug-likeness (QED) is 0.0169. The predicted octanol–water partition coefficient (Wildman–Crippen LogP) is 8.76. The predicted molar refractivity (Wildman–Crippen MR) is 236 cm³/mol. The Morgan fingerprint density at radius 1 is 0.770 bits per heavy atom. The number of ketones is 1. The summed E-state index contributed by atoms with van der Waals surface area (Å²) in [4.78, 5) is 58.8. The fourth-order valence-electron chi connectivity index (χ4n) is 6.72. The van der Waals surface area contributed by atoms with Crippen LogP contribution in [0.5, 0.6) is 0 Å². The molecule has 0 heterocycles. The molecule has 6 N–H and O–H groups in total. The third kappa shape index (κ3) is 29.9. The maximum atomic E-state index is 12.7. The van der Waals surface area contributed by atoms with Gasteiger partial charge in [0.2, 0.25) is 0 Å². The summed E-state index contributed by atoms with van der Waals surface area (Å²) < 4.78 is 32.7. The van der Waals surface area contributed by atoms with Gasteiger partial charge in [0.25, 0.3) is 0 Å². The van der Waals surface area contributed by atoms with E-state index in [0.29, 0.717) is 32.1 Å². The molecule has 0 saturated heterocycles. The van der Waals surface area contributed by atoms with Gasteiger partial charge in [0.1, 0.15) is 18.4 Å². The van der Waals surface area contributed by atoms with Gasteiger partial charge >= 0.3 is 25.7 Å². The number of ether oxygens (including phenoxy) is 2. The van der Waals surface area contributed by atoms with E-state index >= 15 is 0 Å². The number of carboxylic acid groups (broad SMARTS) is 1. The first kappa shape index (κ1) is 56.0. The summed E-state index contributed by atoms with van der Waals surface area (Å²) in [5, 5.41) is 29.6. The van der Waals surface area contributed by atoms with Crippen LogP contribution < -0.4 is 5.73 Å². The molecule has 1 aliphatic carbocycles. The average molecular weight is 884 g/mol. The Labute approximate surface area is 365 Å². The highest BCUT2D eigenvalue weighted by Crippen LogP contribution is 2.43. The van der Waals surface area contributed by atoms with Crippen LogP contribution in [0, 0.1) is 11.8 Å². The first-order chi connectivity index (χ1) is 29.3. The highest BCUT2D eigenvalue weighted by Gasteiger charge is 2.39. The Hall–Kier alpha value is -2.97. The van der Waals surface area contributed by atoms with Crippen molar-refractivity contribution < 1.29 is 62.5 Å². The zero-order valence-electron chi connectivity index (χ0n) is 37.0. The number of nitrogens with two attached hydrogens (primary N) is 1. The lowest BCUT2D eigenvalue weighted by atomic mass is 9.90. The molecule has 1 aliphatic rings. The van der Waals surface area contributed by atoms with Crippen molar-refractivity contribution in [3.05, 3.63) is 48.6 Å². The largest absolute Gasteiger partial charge is 0.480 e. The molecule has 0 radical (unpaired) electrons. The molecule has 61 heavy (non-hydrogen) atoms. The zero-order chi connectivity index (χ0) is 45.1. The summed E-state index contributed by atoms with van der Waals surface area (Å²) >= 11 is 0. The summed E-state index contributed by atoms with van der Waals surface area (Å²) in [6.07, 6.45) is 32.5. The molecule has 350 valence electrons. The minimum absolute atomic E-state index is 0.0363. The van der Waals surface area contributed by atoms with Crippen LogP contribution in [0.25, 0.3) is 0 Å². The van der Waals surface area contributed by atoms with Crippen molar-refractivity contribution in [3.8, 4) is 0 Å². The van der Waals surface area contributed by atoms with E-state index in [0.717, 1.165) is 77.0 Å². The maximum absolute atomic E-state index is 12.7. The van der Waals surface area contributed by atoms with Gasteiger partial charge in [-0.3, -0.25) is 28.2 Å². The zero-order valence-corrected chi connectivity index (χ0v) is 37.8. The van der Waals surface area contributed by atoms with Gasteiger partial charge < -0.3 is 35.4 Å². The van der Waals surface area contributed by atoms with Crippen molar-refractivity contribution in [2.45, 2.75) is 186 Å². The third-order valence-corrected chi connectivity index (χ3v) is 11.4. The molecule has 0 bridgehead atoms. The van der Waals surface area contributed by atoms with E-state index in [2.05, 4.69) is 42.7 Å². The van der Waals surface area contributed by atoms with E-state index in [4.69, 9.17) is 24.8 Å². The molecule has 0 aromatic heterocycles. The van der Waals surface area contributed by atoms with Gasteiger partial charge in [0, 0.05) is 31.1 Å². The average Bonchev–Trinajstić information content (AvgIpc) is 3.49. The number of allylic oxidation sites excluding steroid dienone is 6. The lowest BCUT2D eigenvalue weighted by molar-refractivity contribution is -0.161. The van der Waals surface area contributed by atoms with Crippen molar-refractivity contribution in [2.24, 2.45) is 17.6 Å². The first-order valence-corrected chi connectivity index (χ1v) is 24.3. The maximum Gasteiger partial charge on any atom is 0.472 e. The highest BCUT2D eigenvalue weighted by atomic mass is 31.2. The number of Topliss-reactive ketones (excluding diaryl/α,β-unsaturated/α-hetero) is 1. The fraction of sp³-hybridized carbons (Fsp3) is 0.739. The first-order valence-electron chi connectivity index (χ1n) is 22.8. The number of phosphoric acid groups is 1. The van der Waals surface area contributed by atoms with Gasteiger partial charge in [-0.25, -0.2) is 4.57 Å². The van der Waals surface area contributed by atoms with Gasteiger partial charge in [-0.05, 0) is 64.2 Å². The van der Waals surface area contributed by atoms with Crippen LogP contribution in [-0.4, -0.2) is 88.1 Å². The molecule has 0 aliphatic heterocycles. The topological polar surface area (TPSA) is 229 Å². The number of aliphatic hydroxyl groups is 2. The van der Waals surface area contributed by atoms with E-state index in [1.165, 1.54) is 19.3 Å². The normalized spacial score (nSPS) is 19.6. The SMILES string of the molecule is CCCCC/C=C\C/C=C\CCCCCCCCCC(=O)OC[C@H](COP(=O)(O)OC[C@H](N)C(=O)O)OC(=O)CCC/C=C\C[C@H]1C(=O)C[C@@H](O)[C@@H]1/C=C/[C@@H](O)CCCCC. The molecule has 0 spiro atoms. The van der Waals surface area contributed by atoms with E-state index in [-0.39, 0.29) is 31.0 Å². The van der Waals surface area contributed by atoms with Gasteiger partial charge in [-0.1, -0.05) is 127 Å².